The first-order chi connectivity index (χ1) is 11.0. The standard InChI is InChI=1S/C16H23N3O4/c1-9(12-7-10-2-3-11(12)6-10)17-15(21)8-23-16(22)13-4-5-14(20)19-18-13/h9-12H,2-8H2,1H3,(H,17,21)(H,19,20). The molecule has 0 spiro atoms. The largest absolute Gasteiger partial charge is 0.451 e. The van der Waals surface area contributed by atoms with Crippen LogP contribution in [0.15, 0.2) is 5.10 Å². The number of carbonyl (C=O) groups excluding carboxylic acids is 3. The lowest BCUT2D eigenvalue weighted by molar-refractivity contribution is -0.142. The normalized spacial score (nSPS) is 30.4. The number of hydrazone groups is 1. The van der Waals surface area contributed by atoms with Gasteiger partial charge in [0.2, 0.25) is 5.91 Å². The fraction of sp³-hybridized carbons (Fsp3) is 0.750. The highest BCUT2D eigenvalue weighted by Gasteiger charge is 2.42. The van der Waals surface area contributed by atoms with Crippen LogP contribution in [0.1, 0.15) is 45.4 Å². The lowest BCUT2D eigenvalue weighted by Crippen LogP contribution is -2.42. The van der Waals surface area contributed by atoms with Gasteiger partial charge >= 0.3 is 5.97 Å². The summed E-state index contributed by atoms with van der Waals surface area (Å²) in [6, 6.07) is 0.114. The van der Waals surface area contributed by atoms with Crippen molar-refractivity contribution >= 4 is 23.5 Å². The number of rotatable bonds is 5. The zero-order chi connectivity index (χ0) is 16.4. The van der Waals surface area contributed by atoms with Crippen molar-refractivity contribution in [2.45, 2.75) is 51.5 Å². The summed E-state index contributed by atoms with van der Waals surface area (Å²) in [6.45, 7) is 1.72. The molecule has 4 unspecified atom stereocenters. The molecule has 0 radical (unpaired) electrons. The number of nitrogens with one attached hydrogen (secondary N) is 2. The molecule has 2 fully saturated rings. The molecule has 0 aromatic rings. The highest BCUT2D eigenvalue weighted by Crippen LogP contribution is 2.49. The van der Waals surface area contributed by atoms with Crippen LogP contribution in [-0.4, -0.2) is 36.1 Å². The molecule has 3 aliphatic rings. The van der Waals surface area contributed by atoms with Crippen LogP contribution in [0.25, 0.3) is 0 Å². The Labute approximate surface area is 135 Å². The third-order valence-electron chi connectivity index (χ3n) is 5.30. The van der Waals surface area contributed by atoms with Crippen molar-refractivity contribution in [2.24, 2.45) is 22.9 Å². The summed E-state index contributed by atoms with van der Waals surface area (Å²) in [5.74, 6) is 0.965. The van der Waals surface area contributed by atoms with Gasteiger partial charge in [0.05, 0.1) is 0 Å². The maximum atomic E-state index is 12.0. The van der Waals surface area contributed by atoms with Gasteiger partial charge < -0.3 is 10.1 Å². The molecule has 2 bridgehead atoms. The molecule has 3 rings (SSSR count). The highest BCUT2D eigenvalue weighted by molar-refractivity contribution is 6.37. The summed E-state index contributed by atoms with van der Waals surface area (Å²) < 4.78 is 4.97. The van der Waals surface area contributed by atoms with Gasteiger partial charge in [-0.25, -0.2) is 10.2 Å². The number of esters is 1. The lowest BCUT2D eigenvalue weighted by Gasteiger charge is -2.28. The third-order valence-corrected chi connectivity index (χ3v) is 5.30. The van der Waals surface area contributed by atoms with E-state index in [0.717, 1.165) is 11.8 Å². The summed E-state index contributed by atoms with van der Waals surface area (Å²) >= 11 is 0. The summed E-state index contributed by atoms with van der Waals surface area (Å²) in [5, 5.41) is 6.60. The number of ether oxygens (including phenoxy) is 1. The van der Waals surface area contributed by atoms with Crippen LogP contribution in [0.4, 0.5) is 0 Å². The Balaban J connectivity index is 1.41. The molecule has 0 aromatic carbocycles. The minimum atomic E-state index is -0.646. The molecular formula is C16H23N3O4. The Hall–Kier alpha value is -1.92. The Kier molecular flexibility index (Phi) is 4.63. The molecule has 23 heavy (non-hydrogen) atoms. The van der Waals surface area contributed by atoms with Crippen LogP contribution in [0.3, 0.4) is 0 Å². The maximum Gasteiger partial charge on any atom is 0.355 e. The smallest absolute Gasteiger partial charge is 0.355 e. The number of hydrogen-bond acceptors (Lipinski definition) is 5. The van der Waals surface area contributed by atoms with E-state index >= 15 is 0 Å². The maximum absolute atomic E-state index is 12.0. The van der Waals surface area contributed by atoms with Crippen LogP contribution >= 0.6 is 0 Å². The second kappa shape index (κ2) is 6.68. The highest BCUT2D eigenvalue weighted by atomic mass is 16.5. The predicted molar refractivity (Wildman–Crippen MR) is 82.3 cm³/mol. The Bertz CT molecular complexity index is 545. The first kappa shape index (κ1) is 16.0. The minimum absolute atomic E-state index is 0.114. The van der Waals surface area contributed by atoms with Crippen LogP contribution in [-0.2, 0) is 19.1 Å². The van der Waals surface area contributed by atoms with E-state index < -0.39 is 5.97 Å². The van der Waals surface area contributed by atoms with Gasteiger partial charge in [-0.1, -0.05) is 6.42 Å². The van der Waals surface area contributed by atoms with Gasteiger partial charge in [0.15, 0.2) is 6.61 Å². The summed E-state index contributed by atoms with van der Waals surface area (Å²) in [6.07, 6.45) is 5.55. The minimum Gasteiger partial charge on any atom is -0.451 e. The molecule has 2 amide bonds. The lowest BCUT2D eigenvalue weighted by atomic mass is 9.84. The van der Waals surface area contributed by atoms with Gasteiger partial charge in [0.25, 0.3) is 5.91 Å². The van der Waals surface area contributed by atoms with Crippen molar-refractivity contribution in [1.29, 1.82) is 0 Å². The number of amides is 2. The van der Waals surface area contributed by atoms with Crippen molar-refractivity contribution in [1.82, 2.24) is 10.7 Å². The predicted octanol–water partition coefficient (Wildman–Crippen LogP) is 0.736. The molecule has 2 saturated carbocycles. The van der Waals surface area contributed by atoms with Gasteiger partial charge in [-0.3, -0.25) is 9.59 Å². The van der Waals surface area contributed by atoms with E-state index in [0.29, 0.717) is 5.92 Å². The quantitative estimate of drug-likeness (QED) is 0.730. The van der Waals surface area contributed by atoms with E-state index in [2.05, 4.69) is 15.8 Å². The number of hydrogen-bond donors (Lipinski definition) is 2. The summed E-state index contributed by atoms with van der Waals surface area (Å²) in [4.78, 5) is 34.7. The van der Waals surface area contributed by atoms with Gasteiger partial charge in [-0.05, 0) is 43.9 Å². The number of fused-ring (bicyclic) bond motifs is 2. The van der Waals surface area contributed by atoms with E-state index in [4.69, 9.17) is 4.74 Å². The molecule has 126 valence electrons. The van der Waals surface area contributed by atoms with Crippen LogP contribution in [0, 0.1) is 17.8 Å². The molecule has 2 aliphatic carbocycles. The fourth-order valence-corrected chi connectivity index (χ4v) is 4.14. The van der Waals surface area contributed by atoms with Crippen LogP contribution in [0.2, 0.25) is 0 Å². The Morgan fingerprint density at radius 2 is 2.17 bits per heavy atom. The molecule has 2 N–H and O–H groups in total. The van der Waals surface area contributed by atoms with Crippen molar-refractivity contribution in [2.75, 3.05) is 6.61 Å². The van der Waals surface area contributed by atoms with Crippen molar-refractivity contribution in [3.8, 4) is 0 Å². The van der Waals surface area contributed by atoms with Gasteiger partial charge in [0.1, 0.15) is 5.71 Å². The Morgan fingerprint density at radius 1 is 1.35 bits per heavy atom. The SMILES string of the molecule is CC(NC(=O)COC(=O)C1=NNC(=O)CC1)C1CC2CCC1C2. The van der Waals surface area contributed by atoms with Crippen molar-refractivity contribution in [3.05, 3.63) is 0 Å². The molecule has 0 aromatic heterocycles. The van der Waals surface area contributed by atoms with Gasteiger partial charge in [-0.15, -0.1) is 0 Å². The van der Waals surface area contributed by atoms with Crippen LogP contribution in [0.5, 0.6) is 0 Å². The molecule has 7 nitrogen and oxygen atoms in total. The number of carbonyl (C=O) groups is 3. The second-order valence-electron chi connectivity index (χ2n) is 6.86. The Morgan fingerprint density at radius 3 is 2.78 bits per heavy atom. The molecule has 1 heterocycles. The average molecular weight is 321 g/mol. The topological polar surface area (TPSA) is 96.9 Å². The van der Waals surface area contributed by atoms with E-state index in [1.165, 1.54) is 25.7 Å². The zero-order valence-corrected chi connectivity index (χ0v) is 13.3. The first-order valence-electron chi connectivity index (χ1n) is 8.35. The van der Waals surface area contributed by atoms with E-state index in [1.54, 1.807) is 0 Å². The third kappa shape index (κ3) is 3.71. The van der Waals surface area contributed by atoms with E-state index in [1.807, 2.05) is 6.92 Å². The summed E-state index contributed by atoms with van der Waals surface area (Å²) in [7, 11) is 0. The number of nitrogens with zero attached hydrogens (tertiary/aromatic N) is 1. The summed E-state index contributed by atoms with van der Waals surface area (Å²) in [5.41, 5.74) is 2.38. The van der Waals surface area contributed by atoms with Crippen LogP contribution < -0.4 is 10.7 Å². The van der Waals surface area contributed by atoms with Crippen molar-refractivity contribution < 1.29 is 19.1 Å². The van der Waals surface area contributed by atoms with Gasteiger partial charge in [-0.2, -0.15) is 5.10 Å². The van der Waals surface area contributed by atoms with E-state index in [-0.39, 0.29) is 43.0 Å². The monoisotopic (exact) mass is 321 g/mol. The fourth-order valence-electron chi connectivity index (χ4n) is 4.14. The molecule has 4 atom stereocenters. The first-order valence-corrected chi connectivity index (χ1v) is 8.35. The van der Waals surface area contributed by atoms with Gasteiger partial charge in [0, 0.05) is 18.9 Å². The molecular weight excluding hydrogens is 298 g/mol. The zero-order valence-electron chi connectivity index (χ0n) is 13.3. The molecule has 7 heteroatoms. The second-order valence-corrected chi connectivity index (χ2v) is 6.86. The van der Waals surface area contributed by atoms with Crippen molar-refractivity contribution in [3.63, 3.8) is 0 Å². The average Bonchev–Trinajstić information content (AvgIpc) is 3.16. The molecule has 0 saturated heterocycles. The molecule has 1 aliphatic heterocycles. The van der Waals surface area contributed by atoms with E-state index in [9.17, 15) is 14.4 Å².